The summed E-state index contributed by atoms with van der Waals surface area (Å²) < 4.78 is 0. The molecule has 1 atom stereocenters. The highest BCUT2D eigenvalue weighted by atomic mass is 16.3. The molecule has 1 aromatic rings. The molecule has 0 bridgehead atoms. The first-order valence-corrected chi connectivity index (χ1v) is 6.78. The maximum atomic E-state index is 11.7. The van der Waals surface area contributed by atoms with E-state index >= 15 is 0 Å². The minimum Gasteiger partial charge on any atom is -0.396 e. The zero-order valence-corrected chi connectivity index (χ0v) is 12.1. The summed E-state index contributed by atoms with van der Waals surface area (Å²) in [6.07, 6.45) is -1.21. The Kier molecular flexibility index (Phi) is 6.64. The van der Waals surface area contributed by atoms with Gasteiger partial charge in [0.2, 0.25) is 5.91 Å². The zero-order chi connectivity index (χ0) is 15.0. The average molecular weight is 280 g/mol. The van der Waals surface area contributed by atoms with Crippen LogP contribution < -0.4 is 10.6 Å². The summed E-state index contributed by atoms with van der Waals surface area (Å²) in [5, 5.41) is 24.7. The van der Waals surface area contributed by atoms with Gasteiger partial charge in [0.25, 0.3) is 0 Å². The van der Waals surface area contributed by atoms with Crippen LogP contribution in [0.4, 0.5) is 0 Å². The van der Waals surface area contributed by atoms with E-state index in [1.165, 1.54) is 5.56 Å². The van der Waals surface area contributed by atoms with E-state index in [-0.39, 0.29) is 6.61 Å². The number of hydrogen-bond donors (Lipinski definition) is 4. The third-order valence-electron chi connectivity index (χ3n) is 3.17. The highest BCUT2D eigenvalue weighted by Gasteiger charge is 2.32. The summed E-state index contributed by atoms with van der Waals surface area (Å²) in [5.74, 6) is -0.453. The molecule has 0 unspecified atom stereocenters. The molecule has 112 valence electrons. The maximum absolute atomic E-state index is 11.7. The fourth-order valence-electron chi connectivity index (χ4n) is 1.64. The Morgan fingerprint density at radius 3 is 2.50 bits per heavy atom. The van der Waals surface area contributed by atoms with Crippen LogP contribution in [0.15, 0.2) is 30.3 Å². The van der Waals surface area contributed by atoms with Gasteiger partial charge in [0.1, 0.15) is 6.10 Å². The van der Waals surface area contributed by atoms with Crippen LogP contribution in [0.25, 0.3) is 0 Å². The molecule has 1 rings (SSSR count). The van der Waals surface area contributed by atoms with Crippen molar-refractivity contribution < 1.29 is 15.0 Å². The van der Waals surface area contributed by atoms with E-state index in [1.807, 2.05) is 30.3 Å². The second kappa shape index (κ2) is 7.99. The molecule has 4 N–H and O–H groups in total. The quantitative estimate of drug-likeness (QED) is 0.515. The molecule has 0 saturated heterocycles. The van der Waals surface area contributed by atoms with E-state index in [1.54, 1.807) is 13.8 Å². The third kappa shape index (κ3) is 5.28. The van der Waals surface area contributed by atoms with Crippen molar-refractivity contribution in [1.29, 1.82) is 0 Å². The highest BCUT2D eigenvalue weighted by Crippen LogP contribution is 2.19. The van der Waals surface area contributed by atoms with Crippen molar-refractivity contribution in [1.82, 2.24) is 10.6 Å². The fourth-order valence-corrected chi connectivity index (χ4v) is 1.64. The van der Waals surface area contributed by atoms with Crippen LogP contribution in [0.3, 0.4) is 0 Å². The topological polar surface area (TPSA) is 81.6 Å². The molecule has 0 saturated carbocycles. The van der Waals surface area contributed by atoms with Crippen LogP contribution in [0.1, 0.15) is 19.4 Å². The molecule has 20 heavy (non-hydrogen) atoms. The van der Waals surface area contributed by atoms with Crippen molar-refractivity contribution in [3.63, 3.8) is 0 Å². The molecular formula is C15H24N2O3. The average Bonchev–Trinajstić information content (AvgIpc) is 2.47. The Morgan fingerprint density at radius 2 is 1.90 bits per heavy atom. The first-order chi connectivity index (χ1) is 9.47. The van der Waals surface area contributed by atoms with Gasteiger partial charge in [0.05, 0.1) is 6.61 Å². The van der Waals surface area contributed by atoms with Gasteiger partial charge in [0, 0.05) is 25.0 Å². The number of aliphatic hydroxyl groups is 2. The minimum absolute atomic E-state index is 0.242. The lowest BCUT2D eigenvalue weighted by atomic mass is 9.87. The van der Waals surface area contributed by atoms with Gasteiger partial charge in [0.15, 0.2) is 0 Å². The smallest absolute Gasteiger partial charge is 0.249 e. The van der Waals surface area contributed by atoms with Crippen LogP contribution in [-0.4, -0.2) is 41.9 Å². The van der Waals surface area contributed by atoms with Gasteiger partial charge in [-0.2, -0.15) is 0 Å². The van der Waals surface area contributed by atoms with Crippen LogP contribution >= 0.6 is 0 Å². The Bertz CT molecular complexity index is 407. The van der Waals surface area contributed by atoms with Gasteiger partial charge in [-0.15, -0.1) is 0 Å². The molecule has 5 nitrogen and oxygen atoms in total. The predicted octanol–water partition coefficient (Wildman–Crippen LogP) is 0.272. The SMILES string of the molecule is CC(C)(CO)[C@@H](O)C(=O)NCCNCc1ccccc1. The Balaban J connectivity index is 2.19. The summed E-state index contributed by atoms with van der Waals surface area (Å²) in [6.45, 7) is 4.84. The zero-order valence-electron chi connectivity index (χ0n) is 12.1. The van der Waals surface area contributed by atoms with Crippen molar-refractivity contribution in [3.05, 3.63) is 35.9 Å². The van der Waals surface area contributed by atoms with Gasteiger partial charge in [-0.25, -0.2) is 0 Å². The summed E-state index contributed by atoms with van der Waals surface area (Å²) in [7, 11) is 0. The van der Waals surface area contributed by atoms with Crippen LogP contribution in [-0.2, 0) is 11.3 Å². The molecule has 5 heteroatoms. The van der Waals surface area contributed by atoms with Gasteiger partial charge in [-0.1, -0.05) is 44.2 Å². The number of carbonyl (C=O) groups excluding carboxylic acids is 1. The predicted molar refractivity (Wildman–Crippen MR) is 78.0 cm³/mol. The second-order valence-electron chi connectivity index (χ2n) is 5.50. The molecule has 0 aromatic heterocycles. The normalized spacial score (nSPS) is 13.0. The number of carbonyl (C=O) groups is 1. The Labute approximate surface area is 120 Å². The molecule has 0 aliphatic carbocycles. The molecule has 0 radical (unpaired) electrons. The van der Waals surface area contributed by atoms with Crippen molar-refractivity contribution in [2.75, 3.05) is 19.7 Å². The van der Waals surface area contributed by atoms with E-state index < -0.39 is 17.4 Å². The number of nitrogens with one attached hydrogen (secondary N) is 2. The summed E-state index contributed by atoms with van der Waals surface area (Å²) in [5.41, 5.74) is 0.349. The van der Waals surface area contributed by atoms with Gasteiger partial charge in [-0.3, -0.25) is 4.79 Å². The third-order valence-corrected chi connectivity index (χ3v) is 3.17. The van der Waals surface area contributed by atoms with Crippen molar-refractivity contribution >= 4 is 5.91 Å². The van der Waals surface area contributed by atoms with Gasteiger partial charge in [-0.05, 0) is 5.56 Å². The Hall–Kier alpha value is -1.43. The lowest BCUT2D eigenvalue weighted by Crippen LogP contribution is -2.46. The van der Waals surface area contributed by atoms with E-state index in [0.717, 1.165) is 6.54 Å². The van der Waals surface area contributed by atoms with E-state index in [2.05, 4.69) is 10.6 Å². The second-order valence-corrected chi connectivity index (χ2v) is 5.50. The number of rotatable bonds is 8. The lowest BCUT2D eigenvalue weighted by molar-refractivity contribution is -0.137. The number of benzene rings is 1. The number of amides is 1. The molecule has 1 amide bonds. The van der Waals surface area contributed by atoms with Crippen molar-refractivity contribution in [2.45, 2.75) is 26.5 Å². The minimum atomic E-state index is -1.21. The molecule has 0 spiro atoms. The first kappa shape index (κ1) is 16.6. The molecule has 0 fully saturated rings. The first-order valence-electron chi connectivity index (χ1n) is 6.78. The summed E-state index contributed by atoms with van der Waals surface area (Å²) in [6, 6.07) is 9.98. The van der Waals surface area contributed by atoms with Gasteiger partial charge >= 0.3 is 0 Å². The summed E-state index contributed by atoms with van der Waals surface area (Å²) in [4.78, 5) is 11.7. The largest absolute Gasteiger partial charge is 0.396 e. The lowest BCUT2D eigenvalue weighted by Gasteiger charge is -2.27. The fraction of sp³-hybridized carbons (Fsp3) is 0.533. The Morgan fingerprint density at radius 1 is 1.25 bits per heavy atom. The van der Waals surface area contributed by atoms with Crippen LogP contribution in [0.2, 0.25) is 0 Å². The highest BCUT2D eigenvalue weighted by molar-refractivity contribution is 5.81. The number of aliphatic hydroxyl groups excluding tert-OH is 2. The molecule has 1 aromatic carbocycles. The van der Waals surface area contributed by atoms with Crippen LogP contribution in [0.5, 0.6) is 0 Å². The van der Waals surface area contributed by atoms with Crippen molar-refractivity contribution in [2.24, 2.45) is 5.41 Å². The number of hydrogen-bond acceptors (Lipinski definition) is 4. The van der Waals surface area contributed by atoms with E-state index in [4.69, 9.17) is 5.11 Å². The van der Waals surface area contributed by atoms with Crippen molar-refractivity contribution in [3.8, 4) is 0 Å². The van der Waals surface area contributed by atoms with E-state index in [0.29, 0.717) is 13.1 Å². The standard InChI is InChI=1S/C15H24N2O3/c1-15(2,11-18)13(19)14(20)17-9-8-16-10-12-6-4-3-5-7-12/h3-7,13,16,18-19H,8-11H2,1-2H3,(H,17,20)/t13-/m0/s1. The van der Waals surface area contributed by atoms with Gasteiger partial charge < -0.3 is 20.8 Å². The molecule has 0 heterocycles. The molecule has 0 aliphatic heterocycles. The van der Waals surface area contributed by atoms with E-state index in [9.17, 15) is 9.90 Å². The van der Waals surface area contributed by atoms with Crippen LogP contribution in [0, 0.1) is 5.41 Å². The maximum Gasteiger partial charge on any atom is 0.249 e. The monoisotopic (exact) mass is 280 g/mol. The summed E-state index contributed by atoms with van der Waals surface area (Å²) >= 11 is 0. The molecular weight excluding hydrogens is 256 g/mol. The molecule has 0 aliphatic rings.